The molecule has 4 heterocycles. The lowest BCUT2D eigenvalue weighted by Crippen LogP contribution is -2.51. The number of carbonyl (C=O) groups is 1. The highest BCUT2D eigenvalue weighted by Gasteiger charge is 2.38. The molecule has 0 aromatic rings. The van der Waals surface area contributed by atoms with E-state index in [2.05, 4.69) is 9.80 Å². The molecular weight excluding hydrogens is 390 g/mol. The molecule has 0 saturated carbocycles. The smallest absolute Gasteiger partial charge is 0.237 e. The zero-order chi connectivity index (χ0) is 20.3. The van der Waals surface area contributed by atoms with Gasteiger partial charge >= 0.3 is 0 Å². The third kappa shape index (κ3) is 5.71. The first kappa shape index (κ1) is 21.5. The Morgan fingerprint density at radius 2 is 1.83 bits per heavy atom. The first-order valence-corrected chi connectivity index (χ1v) is 13.4. The first-order valence-electron chi connectivity index (χ1n) is 11.6. The molecule has 3 unspecified atom stereocenters. The predicted octanol–water partition coefficient (Wildman–Crippen LogP) is 1.13. The van der Waals surface area contributed by atoms with Gasteiger partial charge in [-0.2, -0.15) is 0 Å². The zero-order valence-corrected chi connectivity index (χ0v) is 18.5. The summed E-state index contributed by atoms with van der Waals surface area (Å²) in [5, 5.41) is 0. The van der Waals surface area contributed by atoms with Crippen LogP contribution in [-0.4, -0.2) is 105 Å². The van der Waals surface area contributed by atoms with Crippen molar-refractivity contribution in [3.63, 3.8) is 0 Å². The van der Waals surface area contributed by atoms with Gasteiger partial charge in [0, 0.05) is 31.8 Å². The summed E-state index contributed by atoms with van der Waals surface area (Å²) in [6.07, 6.45) is 8.84. The highest BCUT2D eigenvalue weighted by Crippen LogP contribution is 2.24. The molecule has 0 spiro atoms. The number of piperidine rings is 1. The Balaban J connectivity index is 1.38. The molecule has 8 heteroatoms. The van der Waals surface area contributed by atoms with Crippen LogP contribution in [0, 0.1) is 0 Å². The van der Waals surface area contributed by atoms with E-state index in [0.29, 0.717) is 25.6 Å². The van der Waals surface area contributed by atoms with E-state index in [9.17, 15) is 13.2 Å². The highest BCUT2D eigenvalue weighted by atomic mass is 32.2. The van der Waals surface area contributed by atoms with Gasteiger partial charge in [-0.1, -0.05) is 6.42 Å². The van der Waals surface area contributed by atoms with Crippen molar-refractivity contribution in [1.29, 1.82) is 0 Å². The molecule has 0 aromatic carbocycles. The highest BCUT2D eigenvalue weighted by molar-refractivity contribution is 7.91. The van der Waals surface area contributed by atoms with Crippen molar-refractivity contribution >= 4 is 15.7 Å². The van der Waals surface area contributed by atoms with E-state index in [1.165, 1.54) is 32.4 Å². The van der Waals surface area contributed by atoms with Crippen LogP contribution in [0.2, 0.25) is 0 Å². The van der Waals surface area contributed by atoms with E-state index in [0.717, 1.165) is 45.4 Å². The number of sulfone groups is 1. The van der Waals surface area contributed by atoms with Gasteiger partial charge in [-0.25, -0.2) is 8.42 Å². The number of nitrogens with zero attached hydrogens (tertiary/aromatic N) is 3. The van der Waals surface area contributed by atoms with Gasteiger partial charge in [0.1, 0.15) is 0 Å². The maximum atomic E-state index is 13.3. The van der Waals surface area contributed by atoms with E-state index < -0.39 is 9.84 Å². The van der Waals surface area contributed by atoms with Gasteiger partial charge in [0.25, 0.3) is 0 Å². The van der Waals surface area contributed by atoms with Gasteiger partial charge in [0.2, 0.25) is 5.91 Å². The molecule has 7 nitrogen and oxygen atoms in total. The van der Waals surface area contributed by atoms with E-state index in [1.807, 2.05) is 4.90 Å². The Labute approximate surface area is 175 Å². The van der Waals surface area contributed by atoms with Crippen LogP contribution in [0.25, 0.3) is 0 Å². The predicted molar refractivity (Wildman–Crippen MR) is 113 cm³/mol. The summed E-state index contributed by atoms with van der Waals surface area (Å²) in [5.74, 6) is 0.407. The van der Waals surface area contributed by atoms with Gasteiger partial charge in [-0.3, -0.25) is 9.69 Å². The lowest BCUT2D eigenvalue weighted by molar-refractivity contribution is -0.136. The summed E-state index contributed by atoms with van der Waals surface area (Å²) < 4.78 is 29.8. The van der Waals surface area contributed by atoms with Crippen LogP contribution >= 0.6 is 0 Å². The SMILES string of the molecule is O=C(CN1CCCC1CN1CCCCC1)N(CC1CCCO1)C1CCS(=O)(=O)C1. The standard InChI is InChI=1S/C21H37N3O4S/c25-21(16-23-11-4-6-18(23)14-22-9-2-1-3-10-22)24(15-20-7-5-12-28-20)19-8-13-29(26,27)17-19/h18-20H,1-17H2. The van der Waals surface area contributed by atoms with Crippen LogP contribution in [0.4, 0.5) is 0 Å². The van der Waals surface area contributed by atoms with Crippen LogP contribution in [-0.2, 0) is 19.4 Å². The van der Waals surface area contributed by atoms with Crippen molar-refractivity contribution in [3.8, 4) is 0 Å². The summed E-state index contributed by atoms with van der Waals surface area (Å²) in [5.41, 5.74) is 0. The summed E-state index contributed by atoms with van der Waals surface area (Å²) in [6, 6.07) is 0.272. The van der Waals surface area contributed by atoms with Crippen molar-refractivity contribution in [1.82, 2.24) is 14.7 Å². The summed E-state index contributed by atoms with van der Waals surface area (Å²) >= 11 is 0. The van der Waals surface area contributed by atoms with Crippen LogP contribution in [0.1, 0.15) is 51.4 Å². The maximum absolute atomic E-state index is 13.3. The van der Waals surface area contributed by atoms with E-state index in [-0.39, 0.29) is 29.6 Å². The lowest BCUT2D eigenvalue weighted by Gasteiger charge is -2.35. The molecule has 3 atom stereocenters. The number of likely N-dealkylation sites (tertiary alicyclic amines) is 2. The third-order valence-corrected chi connectivity index (χ3v) is 8.90. The maximum Gasteiger partial charge on any atom is 0.237 e. The summed E-state index contributed by atoms with van der Waals surface area (Å²) in [7, 11) is -3.02. The largest absolute Gasteiger partial charge is 0.376 e. The van der Waals surface area contributed by atoms with Crippen LogP contribution < -0.4 is 0 Å². The molecule has 4 aliphatic heterocycles. The zero-order valence-electron chi connectivity index (χ0n) is 17.6. The average molecular weight is 428 g/mol. The minimum absolute atomic E-state index is 0.0602. The monoisotopic (exact) mass is 427 g/mol. The Morgan fingerprint density at radius 1 is 1.00 bits per heavy atom. The quantitative estimate of drug-likeness (QED) is 0.607. The van der Waals surface area contributed by atoms with E-state index in [4.69, 9.17) is 4.74 Å². The molecule has 0 N–H and O–H groups in total. The number of amides is 1. The number of carbonyl (C=O) groups excluding carboxylic acids is 1. The number of hydrogen-bond acceptors (Lipinski definition) is 6. The Morgan fingerprint density at radius 3 is 2.52 bits per heavy atom. The van der Waals surface area contributed by atoms with Gasteiger partial charge in [-0.05, 0) is 64.6 Å². The van der Waals surface area contributed by atoms with Crippen LogP contribution in [0.3, 0.4) is 0 Å². The number of rotatable bonds is 7. The topological polar surface area (TPSA) is 70.2 Å². The second kappa shape index (κ2) is 9.62. The Bertz CT molecular complexity index is 659. The van der Waals surface area contributed by atoms with Gasteiger partial charge in [0.15, 0.2) is 9.84 Å². The molecule has 4 aliphatic rings. The fraction of sp³-hybridized carbons (Fsp3) is 0.952. The molecule has 1 amide bonds. The molecule has 4 fully saturated rings. The fourth-order valence-corrected chi connectivity index (χ4v) is 7.23. The molecule has 4 saturated heterocycles. The van der Waals surface area contributed by atoms with E-state index >= 15 is 0 Å². The lowest BCUT2D eigenvalue weighted by atomic mass is 10.1. The Hall–Kier alpha value is -0.700. The van der Waals surface area contributed by atoms with Gasteiger partial charge in [-0.15, -0.1) is 0 Å². The molecule has 29 heavy (non-hydrogen) atoms. The molecule has 4 rings (SSSR count). The molecular formula is C21H37N3O4S. The van der Waals surface area contributed by atoms with Gasteiger partial charge in [0.05, 0.1) is 24.2 Å². The van der Waals surface area contributed by atoms with Crippen LogP contribution in [0.5, 0.6) is 0 Å². The second-order valence-electron chi connectivity index (χ2n) is 9.37. The molecule has 0 bridgehead atoms. The van der Waals surface area contributed by atoms with Crippen molar-refractivity contribution in [2.75, 3.05) is 57.4 Å². The minimum Gasteiger partial charge on any atom is -0.376 e. The van der Waals surface area contributed by atoms with Gasteiger partial charge < -0.3 is 14.5 Å². The number of hydrogen-bond donors (Lipinski definition) is 0. The Kier molecular flexibility index (Phi) is 7.14. The fourth-order valence-electron chi connectivity index (χ4n) is 5.50. The molecule has 0 radical (unpaired) electrons. The molecule has 166 valence electrons. The van der Waals surface area contributed by atoms with Crippen molar-refractivity contribution in [2.45, 2.75) is 69.6 Å². The summed E-state index contributed by atoms with van der Waals surface area (Å²) in [4.78, 5) is 20.1. The summed E-state index contributed by atoms with van der Waals surface area (Å²) in [6.45, 7) is 6.12. The van der Waals surface area contributed by atoms with Crippen molar-refractivity contribution in [2.24, 2.45) is 0 Å². The van der Waals surface area contributed by atoms with Crippen molar-refractivity contribution in [3.05, 3.63) is 0 Å². The van der Waals surface area contributed by atoms with Crippen molar-refractivity contribution < 1.29 is 17.9 Å². The molecule has 0 aromatic heterocycles. The van der Waals surface area contributed by atoms with Crippen LogP contribution in [0.15, 0.2) is 0 Å². The first-order chi connectivity index (χ1) is 14.0. The normalized spacial score (nSPS) is 33.3. The van der Waals surface area contributed by atoms with E-state index in [1.54, 1.807) is 0 Å². The number of ether oxygens (including phenoxy) is 1. The average Bonchev–Trinajstić information content (AvgIpc) is 3.43. The minimum atomic E-state index is -3.02. The second-order valence-corrected chi connectivity index (χ2v) is 11.6. The molecule has 0 aliphatic carbocycles. The third-order valence-electron chi connectivity index (χ3n) is 7.15.